The third-order valence-corrected chi connectivity index (χ3v) is 11.5. The molecule has 0 aromatic heterocycles. The maximum Gasteiger partial charge on any atom is 0.287 e. The fourth-order valence-corrected chi connectivity index (χ4v) is 8.52. The van der Waals surface area contributed by atoms with Gasteiger partial charge in [-0.1, -0.05) is 66.4 Å². The minimum atomic E-state index is -1.04. The first-order chi connectivity index (χ1) is 19.3. The Morgan fingerprint density at radius 2 is 1.62 bits per heavy atom. The average Bonchev–Trinajstić information content (AvgIpc) is 3.06. The molecule has 3 amide bonds. The second-order valence-electron chi connectivity index (χ2n) is 16.1. The Labute approximate surface area is 252 Å². The van der Waals surface area contributed by atoms with Crippen molar-refractivity contribution in [3.05, 3.63) is 11.8 Å². The summed E-state index contributed by atoms with van der Waals surface area (Å²) in [6.07, 6.45) is 9.90. The molecular formula is C33H55N5O4. The summed E-state index contributed by atoms with van der Waals surface area (Å²) in [5.41, 5.74) is 11.7. The lowest BCUT2D eigenvalue weighted by molar-refractivity contribution is -0.143. The van der Waals surface area contributed by atoms with Crippen LogP contribution in [0.4, 0.5) is 0 Å². The van der Waals surface area contributed by atoms with Crippen LogP contribution in [0, 0.1) is 27.6 Å². The highest BCUT2D eigenvalue weighted by Gasteiger charge is 2.85. The number of amides is 3. The van der Waals surface area contributed by atoms with Crippen molar-refractivity contribution < 1.29 is 19.2 Å². The van der Waals surface area contributed by atoms with Crippen molar-refractivity contribution in [3.63, 3.8) is 0 Å². The van der Waals surface area contributed by atoms with Crippen LogP contribution in [-0.4, -0.2) is 58.6 Å². The first-order valence-electron chi connectivity index (χ1n) is 16.0. The third-order valence-electron chi connectivity index (χ3n) is 11.5. The molecule has 6 N–H and O–H groups in total. The van der Waals surface area contributed by atoms with Gasteiger partial charge in [-0.15, -0.1) is 0 Å². The van der Waals surface area contributed by atoms with E-state index in [0.717, 1.165) is 44.2 Å². The van der Waals surface area contributed by atoms with Gasteiger partial charge in [-0.25, -0.2) is 0 Å². The fourth-order valence-electron chi connectivity index (χ4n) is 8.52. The number of nitrogens with two attached hydrogens (primary N) is 2. The number of rotatable bonds is 11. The second-order valence-corrected chi connectivity index (χ2v) is 16.1. The van der Waals surface area contributed by atoms with Crippen molar-refractivity contribution in [2.24, 2.45) is 39.0 Å². The Hall–Kier alpha value is -2.42. The van der Waals surface area contributed by atoms with Crippen LogP contribution in [0.25, 0.3) is 0 Å². The largest absolute Gasteiger partial charge is 0.377 e. The Morgan fingerprint density at radius 3 is 2.02 bits per heavy atom. The number of ketones is 1. The van der Waals surface area contributed by atoms with E-state index in [1.54, 1.807) is 4.90 Å². The molecule has 0 aromatic carbocycles. The summed E-state index contributed by atoms with van der Waals surface area (Å²) >= 11 is 0. The molecule has 2 unspecified atom stereocenters. The quantitative estimate of drug-likeness (QED) is 0.273. The van der Waals surface area contributed by atoms with E-state index < -0.39 is 40.8 Å². The lowest BCUT2D eigenvalue weighted by Gasteiger charge is -2.38. The number of fused-ring (bicyclic) bond motifs is 1. The van der Waals surface area contributed by atoms with Crippen LogP contribution in [0.3, 0.4) is 0 Å². The van der Waals surface area contributed by atoms with E-state index in [1.165, 1.54) is 0 Å². The summed E-state index contributed by atoms with van der Waals surface area (Å²) in [6, 6.07) is -2.28. The number of Topliss-reactive ketones (excluding diaryl/α,β-unsaturated/α-hetero) is 1. The topological polar surface area (TPSA) is 148 Å². The Morgan fingerprint density at radius 1 is 1.00 bits per heavy atom. The van der Waals surface area contributed by atoms with Crippen LogP contribution in [0.15, 0.2) is 11.8 Å². The predicted octanol–water partition coefficient (Wildman–Crippen LogP) is 3.55. The van der Waals surface area contributed by atoms with Crippen LogP contribution in [0.5, 0.6) is 0 Å². The van der Waals surface area contributed by atoms with Crippen molar-refractivity contribution in [1.29, 1.82) is 0 Å². The van der Waals surface area contributed by atoms with Gasteiger partial charge in [-0.2, -0.15) is 0 Å². The number of hydrogen-bond acceptors (Lipinski definition) is 6. The van der Waals surface area contributed by atoms with Gasteiger partial charge in [0.2, 0.25) is 17.6 Å². The van der Waals surface area contributed by atoms with Crippen LogP contribution >= 0.6 is 0 Å². The maximum atomic E-state index is 14.6. The Balaban J connectivity index is 1.65. The smallest absolute Gasteiger partial charge is 0.287 e. The predicted molar refractivity (Wildman–Crippen MR) is 164 cm³/mol. The normalized spacial score (nSPS) is 28.1. The molecule has 3 saturated carbocycles. The SMILES string of the molecule is CC=C(CC(C)(C)N)N[C@@H](C(=O)N1CC2(C[C@H]1C(=O)NC(CC1CCC1)C(=O)C(N)=O)C(C)(C)C21CCC1)C(C)(C)C. The zero-order chi connectivity index (χ0) is 31.5. The summed E-state index contributed by atoms with van der Waals surface area (Å²) in [5, 5.41) is 6.42. The van der Waals surface area contributed by atoms with Crippen molar-refractivity contribution >= 4 is 23.5 Å². The van der Waals surface area contributed by atoms with Crippen molar-refractivity contribution in [2.75, 3.05) is 6.54 Å². The molecule has 4 aliphatic rings. The minimum absolute atomic E-state index is 0.00288. The Bertz CT molecular complexity index is 1140. The van der Waals surface area contributed by atoms with E-state index in [9.17, 15) is 19.2 Å². The van der Waals surface area contributed by atoms with Crippen LogP contribution in [0.1, 0.15) is 113 Å². The van der Waals surface area contributed by atoms with Gasteiger partial charge >= 0.3 is 0 Å². The Kier molecular flexibility index (Phi) is 8.46. The number of hydrogen-bond donors (Lipinski definition) is 4. The highest BCUT2D eigenvalue weighted by molar-refractivity contribution is 6.37. The fraction of sp³-hybridized carbons (Fsp3) is 0.818. The zero-order valence-corrected chi connectivity index (χ0v) is 27.2. The minimum Gasteiger partial charge on any atom is -0.377 e. The lowest BCUT2D eigenvalue weighted by Crippen LogP contribution is -2.58. The van der Waals surface area contributed by atoms with Crippen molar-refractivity contribution in [3.8, 4) is 0 Å². The number of carbonyl (C=O) groups is 4. The van der Waals surface area contributed by atoms with Gasteiger partial charge in [0.05, 0.1) is 6.04 Å². The number of likely N-dealkylation sites (tertiary alicyclic amines) is 1. The summed E-state index contributed by atoms with van der Waals surface area (Å²) in [7, 11) is 0. The molecule has 42 heavy (non-hydrogen) atoms. The molecule has 4 rings (SSSR count). The molecule has 3 aliphatic carbocycles. The molecule has 0 bridgehead atoms. The number of nitrogens with one attached hydrogen (secondary N) is 2. The summed E-state index contributed by atoms with van der Waals surface area (Å²) < 4.78 is 0. The molecule has 2 spiro atoms. The molecular weight excluding hydrogens is 530 g/mol. The molecule has 0 radical (unpaired) electrons. The molecule has 1 aliphatic heterocycles. The molecule has 4 fully saturated rings. The maximum absolute atomic E-state index is 14.6. The average molecular weight is 586 g/mol. The molecule has 236 valence electrons. The molecule has 9 heteroatoms. The van der Waals surface area contributed by atoms with Gasteiger partial charge in [0.15, 0.2) is 0 Å². The van der Waals surface area contributed by atoms with E-state index in [-0.39, 0.29) is 34.0 Å². The second kappa shape index (κ2) is 10.9. The van der Waals surface area contributed by atoms with Crippen LogP contribution < -0.4 is 22.1 Å². The number of nitrogens with zero attached hydrogens (tertiary/aromatic N) is 1. The molecule has 0 aromatic rings. The monoisotopic (exact) mass is 585 g/mol. The molecule has 9 nitrogen and oxygen atoms in total. The van der Waals surface area contributed by atoms with E-state index >= 15 is 0 Å². The van der Waals surface area contributed by atoms with Gasteiger partial charge in [-0.05, 0) is 68.6 Å². The highest BCUT2D eigenvalue weighted by atomic mass is 16.2. The number of carbonyl (C=O) groups excluding carboxylic acids is 4. The highest BCUT2D eigenvalue weighted by Crippen LogP contribution is 2.88. The van der Waals surface area contributed by atoms with Gasteiger partial charge in [-0.3, -0.25) is 19.2 Å². The number of allylic oxidation sites excluding steroid dienone is 1. The van der Waals surface area contributed by atoms with Gasteiger partial charge in [0, 0.05) is 29.6 Å². The van der Waals surface area contributed by atoms with E-state index in [0.29, 0.717) is 25.8 Å². The van der Waals surface area contributed by atoms with Crippen LogP contribution in [0.2, 0.25) is 0 Å². The molecule has 1 saturated heterocycles. The zero-order valence-electron chi connectivity index (χ0n) is 27.2. The molecule has 4 atom stereocenters. The van der Waals surface area contributed by atoms with Gasteiger partial charge in [0.1, 0.15) is 12.1 Å². The van der Waals surface area contributed by atoms with Gasteiger partial charge in [0.25, 0.3) is 5.91 Å². The van der Waals surface area contributed by atoms with E-state index in [4.69, 9.17) is 11.5 Å². The first kappa shape index (κ1) is 32.5. The van der Waals surface area contributed by atoms with Crippen molar-refractivity contribution in [1.82, 2.24) is 15.5 Å². The van der Waals surface area contributed by atoms with Crippen LogP contribution in [-0.2, 0) is 19.2 Å². The standard InChI is InChI=1S/C33H55N5O4/c1-9-21(17-30(5,6)35)36-25(29(2,3)4)28(42)38-19-33(31(7,8)32(33)14-11-15-32)18-23(38)27(41)37-22(24(39)26(34)40)16-20-12-10-13-20/h9,20,22-23,25,36H,10-19,35H2,1-8H3,(H2,34,40)(H,37,41)/t22?,23-,25-,33?/m0/s1. The number of primary amides is 1. The van der Waals surface area contributed by atoms with E-state index in [2.05, 4.69) is 24.5 Å². The molecule has 1 heterocycles. The van der Waals surface area contributed by atoms with Gasteiger partial charge < -0.3 is 27.0 Å². The lowest BCUT2D eigenvalue weighted by atomic mass is 9.73. The summed E-state index contributed by atoms with van der Waals surface area (Å²) in [6.45, 7) is 17.0. The van der Waals surface area contributed by atoms with Crippen molar-refractivity contribution in [2.45, 2.75) is 137 Å². The summed E-state index contributed by atoms with van der Waals surface area (Å²) in [4.78, 5) is 55.2. The van der Waals surface area contributed by atoms with E-state index in [1.807, 2.05) is 47.6 Å². The first-order valence-corrected chi connectivity index (χ1v) is 16.0. The summed E-state index contributed by atoms with van der Waals surface area (Å²) in [5.74, 6) is -2.00. The third kappa shape index (κ3) is 5.50.